The van der Waals surface area contributed by atoms with Crippen LogP contribution in [0.1, 0.15) is 30.2 Å². The number of pyridine rings is 1. The Morgan fingerprint density at radius 1 is 1.59 bits per heavy atom. The first-order valence-electron chi connectivity index (χ1n) is 5.15. The lowest BCUT2D eigenvalue weighted by Gasteiger charge is -2.11. The summed E-state index contributed by atoms with van der Waals surface area (Å²) >= 11 is 0. The number of halogens is 2. The fourth-order valence-corrected chi connectivity index (χ4v) is 1.39. The van der Waals surface area contributed by atoms with E-state index in [4.69, 9.17) is 10.5 Å². The summed E-state index contributed by atoms with van der Waals surface area (Å²) in [5.41, 5.74) is 6.00. The number of esters is 1. The van der Waals surface area contributed by atoms with Crippen LogP contribution >= 0.6 is 0 Å². The first-order valence-corrected chi connectivity index (χ1v) is 5.15. The highest BCUT2D eigenvalue weighted by Crippen LogP contribution is 2.28. The molecule has 0 aromatic carbocycles. The number of rotatable bonds is 4. The van der Waals surface area contributed by atoms with Crippen molar-refractivity contribution in [3.05, 3.63) is 23.0 Å². The van der Waals surface area contributed by atoms with Crippen molar-refractivity contribution in [2.45, 2.75) is 26.7 Å². The van der Waals surface area contributed by atoms with Gasteiger partial charge in [-0.1, -0.05) is 0 Å². The van der Waals surface area contributed by atoms with Crippen LogP contribution in [0.5, 0.6) is 0 Å². The SMILES string of the molecule is CCOC(=O)Cc1ncc(C(F)F)c(N)c1C. The molecule has 0 saturated heterocycles. The van der Waals surface area contributed by atoms with E-state index in [0.29, 0.717) is 11.3 Å². The first-order chi connectivity index (χ1) is 7.97. The molecule has 17 heavy (non-hydrogen) atoms. The largest absolute Gasteiger partial charge is 0.466 e. The van der Waals surface area contributed by atoms with Crippen molar-refractivity contribution in [2.75, 3.05) is 12.3 Å². The van der Waals surface area contributed by atoms with Gasteiger partial charge in [0.2, 0.25) is 0 Å². The maximum atomic E-state index is 12.5. The molecule has 1 aromatic rings. The van der Waals surface area contributed by atoms with Gasteiger partial charge in [0, 0.05) is 11.9 Å². The molecular formula is C11H14F2N2O2. The highest BCUT2D eigenvalue weighted by atomic mass is 19.3. The molecule has 4 nitrogen and oxygen atoms in total. The normalized spacial score (nSPS) is 10.6. The molecule has 0 fully saturated rings. The van der Waals surface area contributed by atoms with E-state index in [1.54, 1.807) is 13.8 Å². The van der Waals surface area contributed by atoms with Crippen LogP contribution in [0.4, 0.5) is 14.5 Å². The van der Waals surface area contributed by atoms with E-state index in [1.807, 2.05) is 0 Å². The molecular weight excluding hydrogens is 230 g/mol. The number of anilines is 1. The molecule has 1 rings (SSSR count). The third-order valence-electron chi connectivity index (χ3n) is 2.36. The molecule has 0 amide bonds. The average molecular weight is 244 g/mol. The summed E-state index contributed by atoms with van der Waals surface area (Å²) in [6.07, 6.45) is -1.73. The summed E-state index contributed by atoms with van der Waals surface area (Å²) in [6.45, 7) is 3.51. The Morgan fingerprint density at radius 3 is 2.76 bits per heavy atom. The maximum absolute atomic E-state index is 12.5. The predicted molar refractivity (Wildman–Crippen MR) is 58.7 cm³/mol. The number of alkyl halides is 2. The molecule has 0 atom stereocenters. The van der Waals surface area contributed by atoms with E-state index in [9.17, 15) is 13.6 Å². The Kier molecular flexibility index (Phi) is 4.37. The Hall–Kier alpha value is -1.72. The van der Waals surface area contributed by atoms with Crippen molar-refractivity contribution in [3.63, 3.8) is 0 Å². The third kappa shape index (κ3) is 3.12. The van der Waals surface area contributed by atoms with Gasteiger partial charge in [-0.3, -0.25) is 9.78 Å². The fourth-order valence-electron chi connectivity index (χ4n) is 1.39. The minimum atomic E-state index is -2.67. The Labute approximate surface area is 97.8 Å². The summed E-state index contributed by atoms with van der Waals surface area (Å²) in [6, 6.07) is 0. The molecule has 0 spiro atoms. The second kappa shape index (κ2) is 5.56. The van der Waals surface area contributed by atoms with Crippen molar-refractivity contribution in [1.82, 2.24) is 4.98 Å². The Balaban J connectivity index is 2.96. The van der Waals surface area contributed by atoms with Gasteiger partial charge < -0.3 is 10.5 Å². The van der Waals surface area contributed by atoms with Crippen LogP contribution in [0, 0.1) is 6.92 Å². The van der Waals surface area contributed by atoms with Crippen LogP contribution in [0.15, 0.2) is 6.20 Å². The lowest BCUT2D eigenvalue weighted by Crippen LogP contribution is -2.12. The summed E-state index contributed by atoms with van der Waals surface area (Å²) in [5.74, 6) is -0.452. The summed E-state index contributed by atoms with van der Waals surface area (Å²) < 4.78 is 29.8. The molecule has 0 radical (unpaired) electrons. The highest BCUT2D eigenvalue weighted by molar-refractivity contribution is 5.73. The number of carbonyl (C=O) groups is 1. The minimum absolute atomic E-state index is 0.0192. The number of nitrogens with zero attached hydrogens (tertiary/aromatic N) is 1. The molecule has 6 heteroatoms. The van der Waals surface area contributed by atoms with E-state index in [-0.39, 0.29) is 24.3 Å². The van der Waals surface area contributed by atoms with Crippen molar-refractivity contribution >= 4 is 11.7 Å². The third-order valence-corrected chi connectivity index (χ3v) is 2.36. The van der Waals surface area contributed by atoms with Crippen LogP contribution in [0.2, 0.25) is 0 Å². The number of hydrogen-bond acceptors (Lipinski definition) is 4. The number of aromatic nitrogens is 1. The molecule has 2 N–H and O–H groups in total. The van der Waals surface area contributed by atoms with Crippen LogP contribution in [0.25, 0.3) is 0 Å². The van der Waals surface area contributed by atoms with E-state index < -0.39 is 12.4 Å². The summed E-state index contributed by atoms with van der Waals surface area (Å²) in [4.78, 5) is 15.1. The topological polar surface area (TPSA) is 65.2 Å². The molecule has 0 aliphatic carbocycles. The van der Waals surface area contributed by atoms with Crippen molar-refractivity contribution in [1.29, 1.82) is 0 Å². The van der Waals surface area contributed by atoms with Gasteiger partial charge in [0.15, 0.2) is 0 Å². The number of nitrogens with two attached hydrogens (primary N) is 1. The van der Waals surface area contributed by atoms with E-state index >= 15 is 0 Å². The molecule has 94 valence electrons. The van der Waals surface area contributed by atoms with Crippen LogP contribution in [0.3, 0.4) is 0 Å². The van der Waals surface area contributed by atoms with Crippen LogP contribution < -0.4 is 5.73 Å². The molecule has 1 aromatic heterocycles. The smallest absolute Gasteiger partial charge is 0.311 e. The number of carbonyl (C=O) groups excluding carboxylic acids is 1. The fraction of sp³-hybridized carbons (Fsp3) is 0.455. The van der Waals surface area contributed by atoms with Gasteiger partial charge in [0.05, 0.1) is 24.3 Å². The monoisotopic (exact) mass is 244 g/mol. The average Bonchev–Trinajstić information content (AvgIpc) is 2.25. The van der Waals surface area contributed by atoms with E-state index in [2.05, 4.69) is 4.98 Å². The zero-order valence-electron chi connectivity index (χ0n) is 9.67. The zero-order valence-corrected chi connectivity index (χ0v) is 9.67. The van der Waals surface area contributed by atoms with Gasteiger partial charge in [0.25, 0.3) is 6.43 Å². The maximum Gasteiger partial charge on any atom is 0.311 e. The molecule has 0 bridgehead atoms. The van der Waals surface area contributed by atoms with Crippen LogP contribution in [-0.4, -0.2) is 17.6 Å². The zero-order chi connectivity index (χ0) is 13.0. The van der Waals surface area contributed by atoms with Gasteiger partial charge in [0.1, 0.15) is 0 Å². The van der Waals surface area contributed by atoms with Crippen molar-refractivity contribution in [3.8, 4) is 0 Å². The van der Waals surface area contributed by atoms with E-state index in [0.717, 1.165) is 6.20 Å². The lowest BCUT2D eigenvalue weighted by molar-refractivity contribution is -0.142. The molecule has 0 unspecified atom stereocenters. The van der Waals surface area contributed by atoms with Gasteiger partial charge in [-0.25, -0.2) is 8.78 Å². The second-order valence-corrected chi connectivity index (χ2v) is 3.48. The Bertz CT molecular complexity index is 422. The first kappa shape index (κ1) is 13.3. The number of hydrogen-bond donors (Lipinski definition) is 1. The quantitative estimate of drug-likeness (QED) is 0.823. The Morgan fingerprint density at radius 2 is 2.24 bits per heavy atom. The summed E-state index contributed by atoms with van der Waals surface area (Å²) in [7, 11) is 0. The van der Waals surface area contributed by atoms with Gasteiger partial charge >= 0.3 is 5.97 Å². The summed E-state index contributed by atoms with van der Waals surface area (Å²) in [5, 5.41) is 0. The molecule has 0 aliphatic heterocycles. The molecule has 1 heterocycles. The van der Waals surface area contributed by atoms with Gasteiger partial charge in [-0.2, -0.15) is 0 Å². The lowest BCUT2D eigenvalue weighted by atomic mass is 10.1. The minimum Gasteiger partial charge on any atom is -0.466 e. The van der Waals surface area contributed by atoms with Crippen LogP contribution in [-0.2, 0) is 16.0 Å². The number of ether oxygens (including phenoxy) is 1. The van der Waals surface area contributed by atoms with E-state index in [1.165, 1.54) is 0 Å². The van der Waals surface area contributed by atoms with Gasteiger partial charge in [-0.05, 0) is 19.4 Å². The molecule has 0 saturated carbocycles. The van der Waals surface area contributed by atoms with Crippen molar-refractivity contribution < 1.29 is 18.3 Å². The molecule has 0 aliphatic rings. The van der Waals surface area contributed by atoms with Crippen molar-refractivity contribution in [2.24, 2.45) is 0 Å². The highest BCUT2D eigenvalue weighted by Gasteiger charge is 2.17. The van der Waals surface area contributed by atoms with Gasteiger partial charge in [-0.15, -0.1) is 0 Å². The standard InChI is InChI=1S/C11H14F2N2O2/c1-3-17-9(16)4-8-6(2)10(14)7(5-15-8)11(12)13/h5,11H,3-4H2,1-2H3,(H2,14,15). The second-order valence-electron chi connectivity index (χ2n) is 3.48. The number of nitrogen functional groups attached to an aromatic ring is 1. The predicted octanol–water partition coefficient (Wildman–Crippen LogP) is 2.02.